The van der Waals surface area contributed by atoms with Crippen molar-refractivity contribution in [2.45, 2.75) is 38.6 Å². The van der Waals surface area contributed by atoms with E-state index in [4.69, 9.17) is 4.74 Å². The van der Waals surface area contributed by atoms with Crippen LogP contribution in [0.15, 0.2) is 54.2 Å². The lowest BCUT2D eigenvalue weighted by Gasteiger charge is -2.13. The number of allylic oxidation sites excluding steroid dienone is 1. The van der Waals surface area contributed by atoms with Gasteiger partial charge in [-0.15, -0.1) is 0 Å². The predicted molar refractivity (Wildman–Crippen MR) is 108 cm³/mol. The quantitative estimate of drug-likeness (QED) is 0.684. The van der Waals surface area contributed by atoms with Crippen molar-refractivity contribution in [3.63, 3.8) is 0 Å². The maximum atomic E-state index is 12.2. The molecule has 5 nitrogen and oxygen atoms in total. The second-order valence-electron chi connectivity index (χ2n) is 6.75. The molecule has 0 saturated heterocycles. The minimum absolute atomic E-state index is 0.117. The van der Waals surface area contributed by atoms with Gasteiger partial charge in [-0.3, -0.25) is 4.79 Å². The van der Waals surface area contributed by atoms with Gasteiger partial charge in [0.05, 0.1) is 19.0 Å². The summed E-state index contributed by atoms with van der Waals surface area (Å²) in [6.07, 6.45) is 9.86. The molecule has 0 spiro atoms. The molecule has 1 aromatic carbocycles. The first-order valence-corrected chi connectivity index (χ1v) is 9.53. The molecule has 1 aliphatic carbocycles. The van der Waals surface area contributed by atoms with E-state index in [1.165, 1.54) is 31.3 Å². The lowest BCUT2D eigenvalue weighted by atomic mass is 9.97. The number of hydrogen-bond donors (Lipinski definition) is 2. The number of rotatable bonds is 8. The van der Waals surface area contributed by atoms with Crippen LogP contribution in [0.1, 0.15) is 48.2 Å². The maximum absolute atomic E-state index is 12.2. The van der Waals surface area contributed by atoms with Crippen LogP contribution in [0.2, 0.25) is 0 Å². The first-order chi connectivity index (χ1) is 13.2. The number of benzene rings is 1. The van der Waals surface area contributed by atoms with Gasteiger partial charge >= 0.3 is 0 Å². The van der Waals surface area contributed by atoms with Crippen LogP contribution in [-0.2, 0) is 6.54 Å². The lowest BCUT2D eigenvalue weighted by Crippen LogP contribution is -2.25. The maximum Gasteiger partial charge on any atom is 0.269 e. The van der Waals surface area contributed by atoms with Crippen molar-refractivity contribution in [3.8, 4) is 5.75 Å². The van der Waals surface area contributed by atoms with Crippen LogP contribution in [0.4, 0.5) is 5.69 Å². The molecule has 0 radical (unpaired) electrons. The molecule has 1 amide bonds. The number of carbonyl (C=O) groups excluding carboxylic acids is 1. The third-order valence-corrected chi connectivity index (χ3v) is 4.77. The van der Waals surface area contributed by atoms with Crippen LogP contribution < -0.4 is 15.4 Å². The molecule has 2 N–H and O–H groups in total. The van der Waals surface area contributed by atoms with E-state index in [1.807, 2.05) is 30.3 Å². The van der Waals surface area contributed by atoms with E-state index in [2.05, 4.69) is 21.7 Å². The number of ether oxygens (including phenoxy) is 1. The smallest absolute Gasteiger partial charge is 0.269 e. The summed E-state index contributed by atoms with van der Waals surface area (Å²) in [5, 5.41) is 6.27. The summed E-state index contributed by atoms with van der Waals surface area (Å²) in [4.78, 5) is 16.5. The zero-order valence-electron chi connectivity index (χ0n) is 15.8. The first-order valence-electron chi connectivity index (χ1n) is 9.53. The van der Waals surface area contributed by atoms with Gasteiger partial charge in [0.1, 0.15) is 11.4 Å². The normalized spacial score (nSPS) is 13.6. The highest BCUT2D eigenvalue weighted by Crippen LogP contribution is 2.19. The van der Waals surface area contributed by atoms with Crippen LogP contribution in [0.3, 0.4) is 0 Å². The van der Waals surface area contributed by atoms with Gasteiger partial charge in [0.25, 0.3) is 5.91 Å². The number of amides is 1. The van der Waals surface area contributed by atoms with Crippen LogP contribution in [0.25, 0.3) is 0 Å². The Balaban J connectivity index is 1.44. The molecule has 1 heterocycles. The van der Waals surface area contributed by atoms with Crippen molar-refractivity contribution < 1.29 is 9.53 Å². The Labute approximate surface area is 160 Å². The van der Waals surface area contributed by atoms with E-state index in [9.17, 15) is 4.79 Å². The molecule has 2 aromatic rings. The highest BCUT2D eigenvalue weighted by molar-refractivity contribution is 5.92. The highest BCUT2D eigenvalue weighted by Gasteiger charge is 2.08. The fraction of sp³-hybridized carbons (Fsp3) is 0.364. The minimum atomic E-state index is -0.117. The first kappa shape index (κ1) is 19.0. The van der Waals surface area contributed by atoms with E-state index < -0.39 is 0 Å². The molecule has 0 aliphatic heterocycles. The summed E-state index contributed by atoms with van der Waals surface area (Å²) < 4.78 is 5.16. The van der Waals surface area contributed by atoms with Crippen molar-refractivity contribution in [2.24, 2.45) is 0 Å². The number of nitrogens with one attached hydrogen (secondary N) is 2. The molecule has 142 valence electrons. The van der Waals surface area contributed by atoms with E-state index in [0.717, 1.165) is 23.4 Å². The van der Waals surface area contributed by atoms with Crippen LogP contribution in [-0.4, -0.2) is 24.5 Å². The van der Waals surface area contributed by atoms with Crippen molar-refractivity contribution >= 4 is 11.6 Å². The van der Waals surface area contributed by atoms with E-state index >= 15 is 0 Å². The van der Waals surface area contributed by atoms with E-state index in [-0.39, 0.29) is 5.91 Å². The summed E-state index contributed by atoms with van der Waals surface area (Å²) in [5.41, 5.74) is 3.94. The van der Waals surface area contributed by atoms with Gasteiger partial charge in [-0.1, -0.05) is 23.8 Å². The molecule has 0 unspecified atom stereocenters. The standard InChI is InChI=1S/C22H27N3O2/c1-27-20-10-7-18(8-11-20)15-24-19-9-12-21(25-16-19)22(26)23-14-13-17-5-3-2-4-6-17/h5,7-12,16,24H,2-4,6,13-15H2,1H3,(H,23,26). The van der Waals surface area contributed by atoms with Crippen LogP contribution in [0.5, 0.6) is 5.75 Å². The van der Waals surface area contributed by atoms with Crippen LogP contribution in [0, 0.1) is 0 Å². The SMILES string of the molecule is COc1ccc(CNc2ccc(C(=O)NCCC3=CCCCC3)nc2)cc1. The number of aromatic nitrogens is 1. The van der Waals surface area contributed by atoms with Gasteiger partial charge in [0, 0.05) is 13.1 Å². The molecule has 0 bridgehead atoms. The molecule has 0 saturated carbocycles. The van der Waals surface area contributed by atoms with Gasteiger partial charge in [0.2, 0.25) is 0 Å². The number of anilines is 1. The predicted octanol–water partition coefficient (Wildman–Crippen LogP) is 4.32. The summed E-state index contributed by atoms with van der Waals surface area (Å²) in [5.74, 6) is 0.726. The fourth-order valence-electron chi connectivity index (χ4n) is 3.14. The fourth-order valence-corrected chi connectivity index (χ4v) is 3.14. The van der Waals surface area contributed by atoms with Gasteiger partial charge in [-0.2, -0.15) is 0 Å². The highest BCUT2D eigenvalue weighted by atomic mass is 16.5. The lowest BCUT2D eigenvalue weighted by molar-refractivity contribution is 0.0949. The molecule has 27 heavy (non-hydrogen) atoms. The molecule has 1 aliphatic rings. The van der Waals surface area contributed by atoms with E-state index in [0.29, 0.717) is 18.8 Å². The third-order valence-electron chi connectivity index (χ3n) is 4.77. The average Bonchev–Trinajstić information content (AvgIpc) is 2.73. The Bertz CT molecular complexity index is 767. The summed E-state index contributed by atoms with van der Waals surface area (Å²) >= 11 is 0. The Kier molecular flexibility index (Phi) is 6.85. The Morgan fingerprint density at radius 3 is 2.67 bits per heavy atom. The zero-order chi connectivity index (χ0) is 18.9. The van der Waals surface area contributed by atoms with Crippen molar-refractivity contribution in [2.75, 3.05) is 19.0 Å². The van der Waals surface area contributed by atoms with E-state index in [1.54, 1.807) is 19.4 Å². The molecule has 5 heteroatoms. The summed E-state index contributed by atoms with van der Waals surface area (Å²) in [6, 6.07) is 11.5. The topological polar surface area (TPSA) is 63.2 Å². The van der Waals surface area contributed by atoms with Crippen molar-refractivity contribution in [1.29, 1.82) is 0 Å². The Morgan fingerprint density at radius 1 is 1.15 bits per heavy atom. The number of carbonyl (C=O) groups is 1. The van der Waals surface area contributed by atoms with Gasteiger partial charge in [0.15, 0.2) is 0 Å². The monoisotopic (exact) mass is 365 g/mol. The number of methoxy groups -OCH3 is 1. The number of hydrogen-bond acceptors (Lipinski definition) is 4. The molecular formula is C22H27N3O2. The van der Waals surface area contributed by atoms with Crippen molar-refractivity contribution in [1.82, 2.24) is 10.3 Å². The molecule has 0 atom stereocenters. The second kappa shape index (κ2) is 9.76. The largest absolute Gasteiger partial charge is 0.497 e. The molecule has 3 rings (SSSR count). The number of nitrogens with zero attached hydrogens (tertiary/aromatic N) is 1. The third kappa shape index (κ3) is 5.84. The molecular weight excluding hydrogens is 338 g/mol. The van der Waals surface area contributed by atoms with Gasteiger partial charge in [-0.05, 0) is 61.9 Å². The minimum Gasteiger partial charge on any atom is -0.497 e. The summed E-state index contributed by atoms with van der Waals surface area (Å²) in [6.45, 7) is 1.36. The van der Waals surface area contributed by atoms with Gasteiger partial charge < -0.3 is 15.4 Å². The Morgan fingerprint density at radius 2 is 2.00 bits per heavy atom. The summed E-state index contributed by atoms with van der Waals surface area (Å²) in [7, 11) is 1.66. The average molecular weight is 365 g/mol. The Hall–Kier alpha value is -2.82. The second-order valence-corrected chi connectivity index (χ2v) is 6.75. The molecule has 0 fully saturated rings. The van der Waals surface area contributed by atoms with Gasteiger partial charge in [-0.25, -0.2) is 4.98 Å². The van der Waals surface area contributed by atoms with Crippen molar-refractivity contribution in [3.05, 3.63) is 65.5 Å². The zero-order valence-corrected chi connectivity index (χ0v) is 15.8. The molecule has 1 aromatic heterocycles. The van der Waals surface area contributed by atoms with Crippen LogP contribution >= 0.6 is 0 Å². The number of pyridine rings is 1.